The molecule has 1 heterocycles. The zero-order chi connectivity index (χ0) is 25.8. The molecule has 0 aliphatic heterocycles. The zero-order valence-corrected chi connectivity index (χ0v) is 20.6. The molecule has 0 aliphatic rings. The Balaban J connectivity index is 1.69. The minimum Gasteiger partial charge on any atom is -0.478 e. The van der Waals surface area contributed by atoms with Gasteiger partial charge in [-0.25, -0.2) is 22.6 Å². The predicted octanol–water partition coefficient (Wildman–Crippen LogP) is 2.72. The SMILES string of the molecule is Cc1ccc(NC(=O)Cn2ncc(Cl)c(Cl)c2=O)cc1S(=O)(=O)NCCc1cccc(C(=O)O)c1. The molecular weight excluding hydrogens is 519 g/mol. The number of hydrogen-bond acceptors (Lipinski definition) is 6. The van der Waals surface area contributed by atoms with Gasteiger partial charge in [-0.3, -0.25) is 9.59 Å². The number of amides is 1. The maximum atomic E-state index is 12.9. The zero-order valence-electron chi connectivity index (χ0n) is 18.3. The molecular formula is C22H20Cl2N4O6S. The van der Waals surface area contributed by atoms with Gasteiger partial charge in [-0.05, 0) is 48.7 Å². The van der Waals surface area contributed by atoms with Crippen molar-refractivity contribution in [3.05, 3.63) is 85.8 Å². The minimum atomic E-state index is -3.94. The molecule has 3 aromatic rings. The van der Waals surface area contributed by atoms with Gasteiger partial charge in [-0.1, -0.05) is 41.4 Å². The fraction of sp³-hybridized carbons (Fsp3) is 0.182. The van der Waals surface area contributed by atoms with Crippen LogP contribution in [-0.2, 0) is 27.8 Å². The van der Waals surface area contributed by atoms with Gasteiger partial charge in [0.2, 0.25) is 15.9 Å². The number of hydrogen-bond donors (Lipinski definition) is 3. The van der Waals surface area contributed by atoms with Crippen LogP contribution in [0.5, 0.6) is 0 Å². The van der Waals surface area contributed by atoms with Gasteiger partial charge in [-0.15, -0.1) is 0 Å². The molecule has 10 nitrogen and oxygen atoms in total. The van der Waals surface area contributed by atoms with Crippen molar-refractivity contribution in [2.24, 2.45) is 0 Å². The van der Waals surface area contributed by atoms with Gasteiger partial charge in [-0.2, -0.15) is 5.10 Å². The van der Waals surface area contributed by atoms with Crippen molar-refractivity contribution in [2.75, 3.05) is 11.9 Å². The molecule has 0 saturated heterocycles. The summed E-state index contributed by atoms with van der Waals surface area (Å²) < 4.78 is 29.0. The van der Waals surface area contributed by atoms with Crippen molar-refractivity contribution in [1.29, 1.82) is 0 Å². The highest BCUT2D eigenvalue weighted by Gasteiger charge is 2.18. The third-order valence-electron chi connectivity index (χ3n) is 4.88. The van der Waals surface area contributed by atoms with Crippen LogP contribution in [0.15, 0.2) is 58.4 Å². The van der Waals surface area contributed by atoms with Gasteiger partial charge in [0, 0.05) is 12.2 Å². The summed E-state index contributed by atoms with van der Waals surface area (Å²) in [5, 5.41) is 15.1. The summed E-state index contributed by atoms with van der Waals surface area (Å²) in [7, 11) is -3.94. The summed E-state index contributed by atoms with van der Waals surface area (Å²) >= 11 is 11.5. The Hall–Kier alpha value is -3.25. The van der Waals surface area contributed by atoms with Gasteiger partial charge in [0.1, 0.15) is 11.6 Å². The molecule has 0 bridgehead atoms. The molecule has 0 aliphatic carbocycles. The molecule has 2 aromatic carbocycles. The number of carbonyl (C=O) groups is 2. The highest BCUT2D eigenvalue weighted by molar-refractivity contribution is 7.89. The van der Waals surface area contributed by atoms with E-state index in [4.69, 9.17) is 28.3 Å². The number of anilines is 1. The summed E-state index contributed by atoms with van der Waals surface area (Å²) in [6.45, 7) is 1.18. The minimum absolute atomic E-state index is 0.0351. The molecule has 0 saturated carbocycles. The number of benzene rings is 2. The number of nitrogens with one attached hydrogen (secondary N) is 2. The van der Waals surface area contributed by atoms with Crippen molar-refractivity contribution < 1.29 is 23.1 Å². The molecule has 35 heavy (non-hydrogen) atoms. The molecule has 13 heteroatoms. The summed E-state index contributed by atoms with van der Waals surface area (Å²) in [5.74, 6) is -1.70. The Labute approximate surface area is 210 Å². The maximum absolute atomic E-state index is 12.9. The van der Waals surface area contributed by atoms with Crippen molar-refractivity contribution in [3.63, 3.8) is 0 Å². The van der Waals surface area contributed by atoms with Crippen molar-refractivity contribution in [1.82, 2.24) is 14.5 Å². The fourth-order valence-corrected chi connectivity index (χ4v) is 4.70. The molecule has 0 unspecified atom stereocenters. The van der Waals surface area contributed by atoms with Crippen LogP contribution in [0, 0.1) is 6.92 Å². The number of carboxylic acids is 1. The van der Waals surface area contributed by atoms with E-state index in [1.807, 2.05) is 0 Å². The number of sulfonamides is 1. The Kier molecular flexibility index (Phi) is 8.28. The number of nitrogens with zero attached hydrogens (tertiary/aromatic N) is 2. The lowest BCUT2D eigenvalue weighted by atomic mass is 10.1. The number of aryl methyl sites for hydroxylation is 1. The molecule has 3 N–H and O–H groups in total. The van der Waals surface area contributed by atoms with E-state index in [1.54, 1.807) is 19.1 Å². The first-order chi connectivity index (χ1) is 16.5. The Morgan fingerprint density at radius 2 is 1.89 bits per heavy atom. The molecule has 1 amide bonds. The maximum Gasteiger partial charge on any atom is 0.335 e. The summed E-state index contributed by atoms with van der Waals surface area (Å²) in [4.78, 5) is 35.5. The topological polar surface area (TPSA) is 147 Å². The van der Waals surface area contributed by atoms with Gasteiger partial charge >= 0.3 is 5.97 Å². The van der Waals surface area contributed by atoms with Gasteiger partial charge in [0.15, 0.2) is 0 Å². The fourth-order valence-electron chi connectivity index (χ4n) is 3.13. The molecule has 0 atom stereocenters. The standard InChI is InChI=1S/C22H20Cl2N4O6S/c1-13-5-6-16(27-19(29)12-28-21(30)20(24)17(23)11-25-28)10-18(13)35(33,34)26-8-7-14-3-2-4-15(9-14)22(31)32/h2-6,9-11,26H,7-8,12H2,1H3,(H,27,29)(H,31,32). The summed E-state index contributed by atoms with van der Waals surface area (Å²) in [6.07, 6.45) is 1.42. The van der Waals surface area contributed by atoms with E-state index in [2.05, 4.69) is 15.1 Å². The third kappa shape index (κ3) is 6.67. The third-order valence-corrected chi connectivity index (χ3v) is 7.23. The van der Waals surface area contributed by atoms with Crippen LogP contribution >= 0.6 is 23.2 Å². The lowest BCUT2D eigenvalue weighted by Crippen LogP contribution is -2.30. The number of carboxylic acid groups (broad SMARTS) is 1. The highest BCUT2D eigenvalue weighted by atomic mass is 35.5. The average Bonchev–Trinajstić information content (AvgIpc) is 2.80. The first kappa shape index (κ1) is 26.4. The van der Waals surface area contributed by atoms with E-state index in [9.17, 15) is 22.8 Å². The normalized spacial score (nSPS) is 11.3. The molecule has 1 aromatic heterocycles. The average molecular weight is 539 g/mol. The van der Waals surface area contributed by atoms with Crippen LogP contribution in [0.3, 0.4) is 0 Å². The molecule has 3 rings (SSSR count). The van der Waals surface area contributed by atoms with Gasteiger partial charge < -0.3 is 10.4 Å². The Morgan fingerprint density at radius 3 is 2.60 bits per heavy atom. The molecule has 184 valence electrons. The van der Waals surface area contributed by atoms with E-state index in [0.29, 0.717) is 11.1 Å². The van der Waals surface area contributed by atoms with E-state index in [1.165, 1.54) is 30.3 Å². The molecule has 0 radical (unpaired) electrons. The monoisotopic (exact) mass is 538 g/mol. The van der Waals surface area contributed by atoms with E-state index in [-0.39, 0.29) is 39.2 Å². The summed E-state index contributed by atoms with van der Waals surface area (Å²) in [6, 6.07) is 10.6. The van der Waals surface area contributed by atoms with Crippen molar-refractivity contribution in [3.8, 4) is 0 Å². The first-order valence-electron chi connectivity index (χ1n) is 10.1. The highest BCUT2D eigenvalue weighted by Crippen LogP contribution is 2.20. The quantitative estimate of drug-likeness (QED) is 0.379. The first-order valence-corrected chi connectivity index (χ1v) is 12.4. The van der Waals surface area contributed by atoms with Gasteiger partial charge in [0.25, 0.3) is 5.56 Å². The lowest BCUT2D eigenvalue weighted by molar-refractivity contribution is -0.117. The number of halogens is 2. The number of aromatic carboxylic acids is 1. The predicted molar refractivity (Wildman–Crippen MR) is 131 cm³/mol. The second kappa shape index (κ2) is 11.0. The summed E-state index contributed by atoms with van der Waals surface area (Å²) in [5.41, 5.74) is 0.688. The Bertz CT molecular complexity index is 1460. The number of carbonyl (C=O) groups excluding carboxylic acids is 1. The largest absolute Gasteiger partial charge is 0.478 e. The number of aromatic nitrogens is 2. The van der Waals surface area contributed by atoms with Crippen molar-refractivity contribution in [2.45, 2.75) is 24.8 Å². The number of rotatable bonds is 9. The van der Waals surface area contributed by atoms with E-state index in [0.717, 1.165) is 10.9 Å². The van der Waals surface area contributed by atoms with Crippen LogP contribution < -0.4 is 15.6 Å². The second-order valence-corrected chi connectivity index (χ2v) is 9.97. The van der Waals surface area contributed by atoms with Gasteiger partial charge in [0.05, 0.1) is 21.7 Å². The lowest BCUT2D eigenvalue weighted by Gasteiger charge is -2.12. The van der Waals surface area contributed by atoms with Crippen LogP contribution in [-0.4, -0.2) is 41.7 Å². The second-order valence-electron chi connectivity index (χ2n) is 7.45. The van der Waals surface area contributed by atoms with Crippen LogP contribution in [0.4, 0.5) is 5.69 Å². The van der Waals surface area contributed by atoms with Crippen molar-refractivity contribution >= 4 is 50.8 Å². The van der Waals surface area contributed by atoms with E-state index >= 15 is 0 Å². The Morgan fingerprint density at radius 1 is 1.14 bits per heavy atom. The van der Waals surface area contributed by atoms with Crippen LogP contribution in [0.1, 0.15) is 21.5 Å². The van der Waals surface area contributed by atoms with Crippen LogP contribution in [0.25, 0.3) is 0 Å². The molecule has 0 fully saturated rings. The molecule has 0 spiro atoms. The van der Waals surface area contributed by atoms with E-state index < -0.39 is 34.0 Å². The van der Waals surface area contributed by atoms with Crippen LogP contribution in [0.2, 0.25) is 10.0 Å². The smallest absolute Gasteiger partial charge is 0.335 e.